The largest absolute Gasteiger partial charge is 0.388 e. The Balaban J connectivity index is 2.99. The van der Waals surface area contributed by atoms with Gasteiger partial charge in [-0.25, -0.2) is 26.3 Å². The summed E-state index contributed by atoms with van der Waals surface area (Å²) in [7, 11) is -4.15. The van der Waals surface area contributed by atoms with Crippen LogP contribution in [0.2, 0.25) is 0 Å². The van der Waals surface area contributed by atoms with Crippen LogP contribution in [0.15, 0.2) is 17.0 Å². The van der Waals surface area contributed by atoms with Crippen molar-refractivity contribution in [2.45, 2.75) is 18.7 Å². The van der Waals surface area contributed by atoms with E-state index in [1.165, 1.54) is 7.05 Å². The number of benzene rings is 1. The van der Waals surface area contributed by atoms with Crippen molar-refractivity contribution in [2.75, 3.05) is 31.7 Å². The molecule has 1 aromatic rings. The molecular weight excluding hydrogens is 314 g/mol. The lowest BCUT2D eigenvalue weighted by Gasteiger charge is -2.14. The van der Waals surface area contributed by atoms with Gasteiger partial charge in [0.1, 0.15) is 0 Å². The molecule has 0 aliphatic carbocycles. The molecule has 0 fully saturated rings. The third-order valence-corrected chi connectivity index (χ3v) is 6.12. The highest BCUT2D eigenvalue weighted by Gasteiger charge is 2.20. The van der Waals surface area contributed by atoms with Gasteiger partial charge in [0.25, 0.3) is 0 Å². The summed E-state index contributed by atoms with van der Waals surface area (Å²) in [5.41, 5.74) is 2.02. The molecule has 7 nitrogen and oxygen atoms in total. The van der Waals surface area contributed by atoms with Crippen molar-refractivity contribution in [2.24, 2.45) is 0 Å². The molecular formula is C12H21N3O4S2. The third kappa shape index (κ3) is 4.67. The van der Waals surface area contributed by atoms with Crippen molar-refractivity contribution in [1.29, 1.82) is 0 Å². The van der Waals surface area contributed by atoms with Crippen LogP contribution in [0, 0.1) is 13.8 Å². The molecule has 0 heterocycles. The number of sulfonamides is 2. The molecule has 3 N–H and O–H groups in total. The highest BCUT2D eigenvalue weighted by molar-refractivity contribution is 7.90. The normalized spacial score (nSPS) is 12.4. The second kappa shape index (κ2) is 6.73. The first-order chi connectivity index (χ1) is 9.63. The summed E-state index contributed by atoms with van der Waals surface area (Å²) < 4.78 is 51.6. The molecule has 0 bridgehead atoms. The minimum atomic E-state index is -3.75. The van der Waals surface area contributed by atoms with Gasteiger partial charge in [0.15, 0.2) is 0 Å². The SMILES string of the molecule is CNc1cc(C)c(S(=O)(=O)NCCS(=O)(=O)NC)c(C)c1. The summed E-state index contributed by atoms with van der Waals surface area (Å²) in [5, 5.41) is 2.96. The van der Waals surface area contributed by atoms with E-state index < -0.39 is 20.0 Å². The Morgan fingerprint density at radius 1 is 1.00 bits per heavy atom. The van der Waals surface area contributed by atoms with E-state index >= 15 is 0 Å². The second-order valence-electron chi connectivity index (χ2n) is 4.61. The van der Waals surface area contributed by atoms with E-state index in [1.54, 1.807) is 33.0 Å². The zero-order valence-corrected chi connectivity index (χ0v) is 14.2. The Kier molecular flexibility index (Phi) is 5.74. The topological polar surface area (TPSA) is 104 Å². The van der Waals surface area contributed by atoms with Crippen molar-refractivity contribution in [3.05, 3.63) is 23.3 Å². The maximum atomic E-state index is 12.3. The summed E-state index contributed by atoms with van der Waals surface area (Å²) in [5.74, 6) is -0.310. The molecule has 0 radical (unpaired) electrons. The standard InChI is InChI=1S/C12H21N3O4S2/c1-9-7-11(13-3)8-10(2)12(9)21(18,19)15-5-6-20(16,17)14-4/h7-8,13-15H,5-6H2,1-4H3. The first kappa shape index (κ1) is 17.9. The Bertz CT molecular complexity index is 689. The summed E-state index contributed by atoms with van der Waals surface area (Å²) in [6.45, 7) is 3.22. The molecule has 9 heteroatoms. The highest BCUT2D eigenvalue weighted by atomic mass is 32.2. The first-order valence-electron chi connectivity index (χ1n) is 6.33. The molecule has 21 heavy (non-hydrogen) atoms. The Hall–Kier alpha value is -1.16. The number of aryl methyl sites for hydroxylation is 2. The number of rotatable bonds is 7. The van der Waals surface area contributed by atoms with Gasteiger partial charge in [-0.15, -0.1) is 0 Å². The van der Waals surface area contributed by atoms with E-state index in [2.05, 4.69) is 14.8 Å². The number of anilines is 1. The first-order valence-corrected chi connectivity index (χ1v) is 9.46. The Morgan fingerprint density at radius 3 is 1.95 bits per heavy atom. The van der Waals surface area contributed by atoms with Crippen LogP contribution in [-0.4, -0.2) is 43.2 Å². The monoisotopic (exact) mass is 335 g/mol. The predicted octanol–water partition coefficient (Wildman–Crippen LogP) is 0.173. The predicted molar refractivity (Wildman–Crippen MR) is 83.5 cm³/mol. The number of hydrogen-bond donors (Lipinski definition) is 3. The zero-order chi connectivity index (χ0) is 16.3. The van der Waals surface area contributed by atoms with Crippen molar-refractivity contribution >= 4 is 25.7 Å². The molecule has 1 aromatic carbocycles. The molecule has 0 atom stereocenters. The van der Waals surface area contributed by atoms with Crippen LogP contribution in [0.4, 0.5) is 5.69 Å². The van der Waals surface area contributed by atoms with Crippen molar-refractivity contribution < 1.29 is 16.8 Å². The average Bonchev–Trinajstić information content (AvgIpc) is 2.36. The fourth-order valence-corrected chi connectivity index (χ4v) is 4.19. The van der Waals surface area contributed by atoms with E-state index in [-0.39, 0.29) is 17.2 Å². The fraction of sp³-hybridized carbons (Fsp3) is 0.500. The summed E-state index contributed by atoms with van der Waals surface area (Å²) >= 11 is 0. The number of nitrogens with one attached hydrogen (secondary N) is 3. The maximum Gasteiger partial charge on any atom is 0.241 e. The molecule has 1 rings (SSSR count). The lowest BCUT2D eigenvalue weighted by atomic mass is 10.1. The molecule has 0 aliphatic heterocycles. The molecule has 0 aliphatic rings. The van der Waals surface area contributed by atoms with Crippen LogP contribution in [0.3, 0.4) is 0 Å². The van der Waals surface area contributed by atoms with E-state index in [0.717, 1.165) is 5.69 Å². The zero-order valence-electron chi connectivity index (χ0n) is 12.5. The smallest absolute Gasteiger partial charge is 0.241 e. The van der Waals surface area contributed by atoms with Gasteiger partial charge >= 0.3 is 0 Å². The minimum Gasteiger partial charge on any atom is -0.388 e. The number of hydrogen-bond acceptors (Lipinski definition) is 5. The van der Waals surface area contributed by atoms with E-state index in [9.17, 15) is 16.8 Å². The summed E-state index contributed by atoms with van der Waals surface area (Å²) in [6.07, 6.45) is 0. The lowest BCUT2D eigenvalue weighted by molar-refractivity contribution is 0.578. The summed E-state index contributed by atoms with van der Waals surface area (Å²) in [4.78, 5) is 0.184. The minimum absolute atomic E-state index is 0.182. The molecule has 0 spiro atoms. The van der Waals surface area contributed by atoms with Gasteiger partial charge in [0, 0.05) is 19.3 Å². The van der Waals surface area contributed by atoms with Gasteiger partial charge < -0.3 is 5.32 Å². The summed E-state index contributed by atoms with van der Waals surface area (Å²) in [6, 6.07) is 3.46. The molecule has 120 valence electrons. The van der Waals surface area contributed by atoms with Crippen molar-refractivity contribution in [3.8, 4) is 0 Å². The van der Waals surface area contributed by atoms with Crippen LogP contribution < -0.4 is 14.8 Å². The van der Waals surface area contributed by atoms with Crippen LogP contribution >= 0.6 is 0 Å². The van der Waals surface area contributed by atoms with Gasteiger partial charge in [-0.05, 0) is 44.2 Å². The van der Waals surface area contributed by atoms with Gasteiger partial charge in [0.05, 0.1) is 10.6 Å². The molecule has 0 amide bonds. The van der Waals surface area contributed by atoms with Gasteiger partial charge in [0.2, 0.25) is 20.0 Å². The van der Waals surface area contributed by atoms with E-state index in [1.807, 2.05) is 0 Å². The van der Waals surface area contributed by atoms with Crippen molar-refractivity contribution in [1.82, 2.24) is 9.44 Å². The van der Waals surface area contributed by atoms with Crippen LogP contribution in [-0.2, 0) is 20.0 Å². The third-order valence-electron chi connectivity index (χ3n) is 2.99. The van der Waals surface area contributed by atoms with Crippen LogP contribution in [0.25, 0.3) is 0 Å². The molecule has 0 saturated carbocycles. The average molecular weight is 335 g/mol. The fourth-order valence-electron chi connectivity index (χ4n) is 2.00. The quantitative estimate of drug-likeness (QED) is 0.659. The molecule has 0 saturated heterocycles. The van der Waals surface area contributed by atoms with Crippen LogP contribution in [0.1, 0.15) is 11.1 Å². The second-order valence-corrected chi connectivity index (χ2v) is 8.36. The van der Waals surface area contributed by atoms with Crippen molar-refractivity contribution in [3.63, 3.8) is 0 Å². The van der Waals surface area contributed by atoms with E-state index in [4.69, 9.17) is 0 Å². The Labute approximate surface area is 126 Å². The van der Waals surface area contributed by atoms with Crippen LogP contribution in [0.5, 0.6) is 0 Å². The van der Waals surface area contributed by atoms with Gasteiger partial charge in [-0.3, -0.25) is 0 Å². The molecule has 0 aromatic heterocycles. The highest BCUT2D eigenvalue weighted by Crippen LogP contribution is 2.24. The molecule has 0 unspecified atom stereocenters. The van der Waals surface area contributed by atoms with Gasteiger partial charge in [-0.1, -0.05) is 0 Å². The lowest BCUT2D eigenvalue weighted by Crippen LogP contribution is -2.33. The van der Waals surface area contributed by atoms with Gasteiger partial charge in [-0.2, -0.15) is 0 Å². The maximum absolute atomic E-state index is 12.3. The van der Waals surface area contributed by atoms with E-state index in [0.29, 0.717) is 11.1 Å². The Morgan fingerprint density at radius 2 is 1.52 bits per heavy atom.